The molecule has 4 rings (SSSR count). The summed E-state index contributed by atoms with van der Waals surface area (Å²) < 4.78 is 10.8. The number of nitrogens with one attached hydrogen (secondary N) is 2. The van der Waals surface area contributed by atoms with Crippen molar-refractivity contribution in [3.63, 3.8) is 0 Å². The maximum atomic E-state index is 12.3. The molecule has 1 atom stereocenters. The SMILES string of the molecule is Cc1cc(-c2ccc3c(c2)OCC3NC(=O)c2cn[nH]c2C)no1. The molecule has 1 aromatic carbocycles. The molecule has 1 amide bonds. The second-order valence-corrected chi connectivity index (χ2v) is 5.82. The molecule has 0 radical (unpaired) electrons. The van der Waals surface area contributed by atoms with Crippen molar-refractivity contribution in [2.45, 2.75) is 19.9 Å². The van der Waals surface area contributed by atoms with Crippen molar-refractivity contribution in [3.8, 4) is 17.0 Å². The molecular weight excluding hydrogens is 308 g/mol. The molecule has 0 fully saturated rings. The van der Waals surface area contributed by atoms with Gasteiger partial charge in [-0.25, -0.2) is 0 Å². The van der Waals surface area contributed by atoms with E-state index in [0.29, 0.717) is 12.2 Å². The van der Waals surface area contributed by atoms with Gasteiger partial charge in [0.05, 0.1) is 17.8 Å². The molecule has 7 heteroatoms. The quantitative estimate of drug-likeness (QED) is 0.772. The van der Waals surface area contributed by atoms with Gasteiger partial charge in [0.1, 0.15) is 23.8 Å². The van der Waals surface area contributed by atoms with Crippen molar-refractivity contribution in [3.05, 3.63) is 53.0 Å². The number of aromatic amines is 1. The van der Waals surface area contributed by atoms with Crippen LogP contribution in [-0.2, 0) is 0 Å². The Morgan fingerprint density at radius 1 is 1.33 bits per heavy atom. The van der Waals surface area contributed by atoms with Gasteiger partial charge in [-0.05, 0) is 19.9 Å². The first kappa shape index (κ1) is 14.5. The Bertz CT molecular complexity index is 912. The predicted molar refractivity (Wildman–Crippen MR) is 85.7 cm³/mol. The fourth-order valence-corrected chi connectivity index (χ4v) is 2.81. The van der Waals surface area contributed by atoms with E-state index in [9.17, 15) is 4.79 Å². The first-order valence-corrected chi connectivity index (χ1v) is 7.63. The van der Waals surface area contributed by atoms with E-state index in [1.165, 1.54) is 6.20 Å². The summed E-state index contributed by atoms with van der Waals surface area (Å²) in [6, 6.07) is 7.51. The van der Waals surface area contributed by atoms with Crippen LogP contribution in [0.15, 0.2) is 35.0 Å². The van der Waals surface area contributed by atoms with Gasteiger partial charge < -0.3 is 14.6 Å². The largest absolute Gasteiger partial charge is 0.491 e. The van der Waals surface area contributed by atoms with Crippen molar-refractivity contribution in [1.82, 2.24) is 20.7 Å². The highest BCUT2D eigenvalue weighted by Crippen LogP contribution is 2.36. The van der Waals surface area contributed by atoms with E-state index < -0.39 is 0 Å². The van der Waals surface area contributed by atoms with Crippen LogP contribution >= 0.6 is 0 Å². The Balaban J connectivity index is 1.56. The van der Waals surface area contributed by atoms with E-state index in [1.807, 2.05) is 38.1 Å². The summed E-state index contributed by atoms with van der Waals surface area (Å²) in [5, 5.41) is 13.6. The molecule has 0 saturated carbocycles. The van der Waals surface area contributed by atoms with Gasteiger partial charge in [0.15, 0.2) is 0 Å². The van der Waals surface area contributed by atoms with Crippen LogP contribution in [0.4, 0.5) is 0 Å². The van der Waals surface area contributed by atoms with Gasteiger partial charge in [0.2, 0.25) is 0 Å². The molecule has 0 aliphatic carbocycles. The first-order chi connectivity index (χ1) is 11.6. The fraction of sp³-hybridized carbons (Fsp3) is 0.235. The zero-order valence-electron chi connectivity index (χ0n) is 13.3. The first-order valence-electron chi connectivity index (χ1n) is 7.63. The van der Waals surface area contributed by atoms with Crippen molar-refractivity contribution in [2.24, 2.45) is 0 Å². The summed E-state index contributed by atoms with van der Waals surface area (Å²) in [5.41, 5.74) is 3.92. The highest BCUT2D eigenvalue weighted by molar-refractivity contribution is 5.95. The van der Waals surface area contributed by atoms with Gasteiger partial charge in [-0.2, -0.15) is 5.10 Å². The van der Waals surface area contributed by atoms with Crippen LogP contribution in [0.25, 0.3) is 11.3 Å². The lowest BCUT2D eigenvalue weighted by Gasteiger charge is -2.11. The summed E-state index contributed by atoms with van der Waals surface area (Å²) in [7, 11) is 0. The minimum absolute atomic E-state index is 0.168. The second-order valence-electron chi connectivity index (χ2n) is 5.82. The summed E-state index contributed by atoms with van der Waals surface area (Å²) in [6.45, 7) is 4.07. The van der Waals surface area contributed by atoms with Crippen LogP contribution in [0.3, 0.4) is 0 Å². The van der Waals surface area contributed by atoms with Gasteiger partial charge in [-0.15, -0.1) is 0 Å². The van der Waals surface area contributed by atoms with E-state index in [-0.39, 0.29) is 11.9 Å². The number of carbonyl (C=O) groups is 1. The van der Waals surface area contributed by atoms with Crippen molar-refractivity contribution in [2.75, 3.05) is 6.61 Å². The van der Waals surface area contributed by atoms with Crippen molar-refractivity contribution >= 4 is 5.91 Å². The number of aromatic nitrogens is 3. The standard InChI is InChI=1S/C17H16N4O3/c1-9-5-14(21-24-9)11-3-4-12-15(8-23-16(12)6-11)19-17(22)13-7-18-20-10(13)2/h3-7,15H,8H2,1-2H3,(H,18,20)(H,19,22). The molecule has 2 N–H and O–H groups in total. The normalized spacial score (nSPS) is 15.8. The van der Waals surface area contributed by atoms with E-state index >= 15 is 0 Å². The van der Waals surface area contributed by atoms with Crippen LogP contribution in [0.2, 0.25) is 0 Å². The topological polar surface area (TPSA) is 93.0 Å². The molecule has 1 aliphatic heterocycles. The number of nitrogens with zero attached hydrogens (tertiary/aromatic N) is 2. The number of ether oxygens (including phenoxy) is 1. The van der Waals surface area contributed by atoms with Crippen molar-refractivity contribution < 1.29 is 14.1 Å². The summed E-state index contributed by atoms with van der Waals surface area (Å²) in [6.07, 6.45) is 1.53. The Labute approximate surface area is 138 Å². The molecule has 0 spiro atoms. The highest BCUT2D eigenvalue weighted by Gasteiger charge is 2.27. The third kappa shape index (κ3) is 2.44. The van der Waals surface area contributed by atoms with Crippen molar-refractivity contribution in [1.29, 1.82) is 0 Å². The summed E-state index contributed by atoms with van der Waals surface area (Å²) in [4.78, 5) is 12.3. The predicted octanol–water partition coefficient (Wildman–Crippen LogP) is 2.55. The van der Waals surface area contributed by atoms with E-state index in [2.05, 4.69) is 20.7 Å². The third-order valence-electron chi connectivity index (χ3n) is 4.10. The van der Waals surface area contributed by atoms with Crippen LogP contribution in [0.5, 0.6) is 5.75 Å². The number of amides is 1. The Hall–Kier alpha value is -3.09. The maximum Gasteiger partial charge on any atom is 0.255 e. The lowest BCUT2D eigenvalue weighted by molar-refractivity contribution is 0.0930. The van der Waals surface area contributed by atoms with Gasteiger partial charge >= 0.3 is 0 Å². The van der Waals surface area contributed by atoms with Gasteiger partial charge in [-0.1, -0.05) is 17.3 Å². The van der Waals surface area contributed by atoms with Gasteiger partial charge in [0.25, 0.3) is 5.91 Å². The molecular formula is C17H16N4O3. The minimum atomic E-state index is -0.185. The van der Waals surface area contributed by atoms with Crippen LogP contribution in [-0.4, -0.2) is 27.9 Å². The molecule has 2 aromatic heterocycles. The Kier molecular flexibility index (Phi) is 3.34. The van der Waals surface area contributed by atoms with E-state index in [0.717, 1.165) is 34.0 Å². The molecule has 0 saturated heterocycles. The van der Waals surface area contributed by atoms with Crippen LogP contribution < -0.4 is 10.1 Å². The van der Waals surface area contributed by atoms with E-state index in [4.69, 9.17) is 9.26 Å². The number of hydrogen-bond donors (Lipinski definition) is 2. The zero-order valence-corrected chi connectivity index (χ0v) is 13.3. The van der Waals surface area contributed by atoms with Gasteiger partial charge in [-0.3, -0.25) is 9.89 Å². The van der Waals surface area contributed by atoms with E-state index in [1.54, 1.807) is 0 Å². The third-order valence-corrected chi connectivity index (χ3v) is 4.10. The molecule has 24 heavy (non-hydrogen) atoms. The summed E-state index contributed by atoms with van der Waals surface area (Å²) in [5.74, 6) is 1.34. The molecule has 7 nitrogen and oxygen atoms in total. The van der Waals surface area contributed by atoms with Crippen LogP contribution in [0.1, 0.15) is 33.4 Å². The number of H-pyrrole nitrogens is 1. The average molecular weight is 324 g/mol. The highest BCUT2D eigenvalue weighted by atomic mass is 16.5. The Morgan fingerprint density at radius 2 is 2.21 bits per heavy atom. The fourth-order valence-electron chi connectivity index (χ4n) is 2.81. The summed E-state index contributed by atoms with van der Waals surface area (Å²) >= 11 is 0. The monoisotopic (exact) mass is 324 g/mol. The zero-order chi connectivity index (χ0) is 16.7. The lowest BCUT2D eigenvalue weighted by Crippen LogP contribution is -2.29. The number of rotatable bonds is 3. The Morgan fingerprint density at radius 3 is 2.92 bits per heavy atom. The number of carbonyl (C=O) groups excluding carboxylic acids is 1. The molecule has 1 unspecified atom stereocenters. The average Bonchev–Trinajstić information content (AvgIpc) is 3.27. The molecule has 122 valence electrons. The smallest absolute Gasteiger partial charge is 0.255 e. The molecule has 0 bridgehead atoms. The minimum Gasteiger partial charge on any atom is -0.491 e. The number of hydrogen-bond acceptors (Lipinski definition) is 5. The maximum absolute atomic E-state index is 12.3. The second kappa shape index (κ2) is 5.52. The van der Waals surface area contributed by atoms with Crippen LogP contribution in [0, 0.1) is 13.8 Å². The number of fused-ring (bicyclic) bond motifs is 1. The molecule has 1 aliphatic rings. The number of aryl methyl sites for hydroxylation is 2. The molecule has 3 heterocycles. The molecule has 3 aromatic rings. The van der Waals surface area contributed by atoms with Gasteiger partial charge in [0, 0.05) is 22.9 Å². The lowest BCUT2D eigenvalue weighted by atomic mass is 10.0. The number of benzene rings is 1.